The zero-order valence-corrected chi connectivity index (χ0v) is 10.2. The Bertz CT molecular complexity index is 240. The molecule has 92 valence electrons. The first-order chi connectivity index (χ1) is 7.75. The van der Waals surface area contributed by atoms with Crippen LogP contribution in [0.4, 0.5) is 0 Å². The Kier molecular flexibility index (Phi) is 4.18. The van der Waals surface area contributed by atoms with Crippen LogP contribution in [0.15, 0.2) is 0 Å². The van der Waals surface area contributed by atoms with Crippen molar-refractivity contribution < 1.29 is 4.79 Å². The van der Waals surface area contributed by atoms with E-state index in [0.717, 1.165) is 38.5 Å². The van der Waals surface area contributed by atoms with E-state index >= 15 is 0 Å². The predicted molar refractivity (Wildman–Crippen MR) is 64.3 cm³/mol. The first-order valence-electron chi connectivity index (χ1n) is 6.46. The molecule has 1 unspecified atom stereocenters. The highest BCUT2D eigenvalue weighted by Gasteiger charge is 2.25. The quantitative estimate of drug-likeness (QED) is 0.709. The van der Waals surface area contributed by atoms with Gasteiger partial charge in [0.2, 0.25) is 5.91 Å². The Labute approximate surface area is 97.8 Å². The van der Waals surface area contributed by atoms with Gasteiger partial charge in [-0.2, -0.15) is 0 Å². The van der Waals surface area contributed by atoms with Gasteiger partial charge < -0.3 is 15.5 Å². The fourth-order valence-electron chi connectivity index (χ4n) is 2.29. The average molecular weight is 225 g/mol. The molecule has 2 fully saturated rings. The van der Waals surface area contributed by atoms with Crippen LogP contribution in [0, 0.1) is 0 Å². The first kappa shape index (κ1) is 11.9. The maximum absolute atomic E-state index is 11.3. The number of carbonyl (C=O) groups is 1. The second-order valence-corrected chi connectivity index (χ2v) is 5.06. The Morgan fingerprint density at radius 2 is 2.25 bits per heavy atom. The highest BCUT2D eigenvalue weighted by atomic mass is 16.1. The van der Waals surface area contributed by atoms with Crippen LogP contribution in [0.2, 0.25) is 0 Å². The molecule has 2 rings (SSSR count). The van der Waals surface area contributed by atoms with Crippen molar-refractivity contribution in [2.24, 2.45) is 0 Å². The maximum Gasteiger partial charge on any atom is 0.221 e. The topological polar surface area (TPSA) is 44.4 Å². The first-order valence-corrected chi connectivity index (χ1v) is 6.46. The lowest BCUT2D eigenvalue weighted by atomic mass is 10.1. The van der Waals surface area contributed by atoms with Gasteiger partial charge in [0.05, 0.1) is 0 Å². The molecule has 1 heterocycles. The molecule has 0 bridgehead atoms. The van der Waals surface area contributed by atoms with Crippen molar-refractivity contribution in [1.82, 2.24) is 15.5 Å². The van der Waals surface area contributed by atoms with Crippen molar-refractivity contribution in [2.45, 2.75) is 44.2 Å². The van der Waals surface area contributed by atoms with Crippen molar-refractivity contribution in [3.05, 3.63) is 0 Å². The molecule has 0 spiro atoms. The second kappa shape index (κ2) is 5.64. The molecule has 0 aromatic heterocycles. The van der Waals surface area contributed by atoms with Gasteiger partial charge in [-0.05, 0) is 32.7 Å². The van der Waals surface area contributed by atoms with Crippen LogP contribution in [0.5, 0.6) is 0 Å². The highest BCUT2D eigenvalue weighted by molar-refractivity contribution is 5.76. The third-order valence-electron chi connectivity index (χ3n) is 3.55. The van der Waals surface area contributed by atoms with Gasteiger partial charge in [-0.1, -0.05) is 0 Å². The summed E-state index contributed by atoms with van der Waals surface area (Å²) in [6.07, 6.45) is 5.59. The van der Waals surface area contributed by atoms with E-state index in [4.69, 9.17) is 0 Å². The van der Waals surface area contributed by atoms with E-state index in [1.807, 2.05) is 0 Å². The Morgan fingerprint density at radius 1 is 1.44 bits per heavy atom. The molecule has 0 radical (unpaired) electrons. The lowest BCUT2D eigenvalue weighted by Gasteiger charge is -2.19. The zero-order valence-electron chi connectivity index (χ0n) is 10.2. The van der Waals surface area contributed by atoms with Gasteiger partial charge >= 0.3 is 0 Å². The van der Waals surface area contributed by atoms with Crippen LogP contribution >= 0.6 is 0 Å². The monoisotopic (exact) mass is 225 g/mol. The number of nitrogens with zero attached hydrogens (tertiary/aromatic N) is 1. The van der Waals surface area contributed by atoms with Crippen molar-refractivity contribution in [3.8, 4) is 0 Å². The average Bonchev–Trinajstić information content (AvgIpc) is 3.05. The fourth-order valence-corrected chi connectivity index (χ4v) is 2.29. The smallest absolute Gasteiger partial charge is 0.221 e. The highest BCUT2D eigenvalue weighted by Crippen LogP contribution is 2.24. The fraction of sp³-hybridized carbons (Fsp3) is 0.917. The van der Waals surface area contributed by atoms with E-state index in [1.54, 1.807) is 0 Å². The Balaban J connectivity index is 1.62. The summed E-state index contributed by atoms with van der Waals surface area (Å²) in [5.74, 6) is 0.200. The van der Waals surface area contributed by atoms with Crippen molar-refractivity contribution in [1.29, 1.82) is 0 Å². The summed E-state index contributed by atoms with van der Waals surface area (Å²) in [4.78, 5) is 13.8. The number of hydrogen-bond donors (Lipinski definition) is 2. The lowest BCUT2D eigenvalue weighted by Crippen LogP contribution is -2.38. The van der Waals surface area contributed by atoms with Crippen LogP contribution in [-0.4, -0.2) is 49.6 Å². The van der Waals surface area contributed by atoms with E-state index in [9.17, 15) is 4.79 Å². The number of amides is 1. The van der Waals surface area contributed by atoms with Crippen LogP contribution in [0.3, 0.4) is 0 Å². The zero-order chi connectivity index (χ0) is 11.4. The van der Waals surface area contributed by atoms with Crippen LogP contribution in [0.1, 0.15) is 32.1 Å². The molecule has 16 heavy (non-hydrogen) atoms. The van der Waals surface area contributed by atoms with Gasteiger partial charge in [-0.3, -0.25) is 4.79 Å². The summed E-state index contributed by atoms with van der Waals surface area (Å²) >= 11 is 0. The third-order valence-corrected chi connectivity index (χ3v) is 3.55. The maximum atomic E-state index is 11.3. The molecule has 0 aromatic rings. The molecule has 2 N–H and O–H groups in total. The number of nitrogens with one attached hydrogen (secondary N) is 2. The molecule has 1 aliphatic heterocycles. The standard InChI is InChI=1S/C12H23N3O/c1-15(11-4-5-11)8-7-13-10-3-2-6-14-12(16)9-10/h10-11,13H,2-9H2,1H3,(H,14,16). The van der Waals surface area contributed by atoms with Gasteiger partial charge in [0.1, 0.15) is 0 Å². The molecule has 0 aromatic carbocycles. The summed E-state index contributed by atoms with van der Waals surface area (Å²) in [6.45, 7) is 2.95. The molecule has 1 amide bonds. The van der Waals surface area contributed by atoms with Gasteiger partial charge in [-0.15, -0.1) is 0 Å². The number of carbonyl (C=O) groups excluding carboxylic acids is 1. The summed E-state index contributed by atoms with van der Waals surface area (Å²) in [7, 11) is 2.19. The molecule has 1 saturated heterocycles. The lowest BCUT2D eigenvalue weighted by molar-refractivity contribution is -0.121. The largest absolute Gasteiger partial charge is 0.356 e. The number of hydrogen-bond acceptors (Lipinski definition) is 3. The van der Waals surface area contributed by atoms with E-state index in [1.165, 1.54) is 12.8 Å². The van der Waals surface area contributed by atoms with Gasteiger partial charge in [0.15, 0.2) is 0 Å². The second-order valence-electron chi connectivity index (χ2n) is 5.06. The summed E-state index contributed by atoms with van der Waals surface area (Å²) < 4.78 is 0. The minimum absolute atomic E-state index is 0.200. The van der Waals surface area contributed by atoms with E-state index in [0.29, 0.717) is 12.5 Å². The molecular formula is C12H23N3O. The molecule has 1 aliphatic carbocycles. The molecule has 1 atom stereocenters. The minimum atomic E-state index is 0.200. The minimum Gasteiger partial charge on any atom is -0.356 e. The molecular weight excluding hydrogens is 202 g/mol. The van der Waals surface area contributed by atoms with Gasteiger partial charge in [0, 0.05) is 38.1 Å². The van der Waals surface area contributed by atoms with Crippen molar-refractivity contribution in [3.63, 3.8) is 0 Å². The van der Waals surface area contributed by atoms with Crippen LogP contribution in [0.25, 0.3) is 0 Å². The SMILES string of the molecule is CN(CCNC1CCCNC(=O)C1)C1CC1. The number of likely N-dealkylation sites (N-methyl/N-ethyl adjacent to an activating group) is 1. The summed E-state index contributed by atoms with van der Waals surface area (Å²) in [5, 5.41) is 6.42. The van der Waals surface area contributed by atoms with Gasteiger partial charge in [0.25, 0.3) is 0 Å². The summed E-state index contributed by atoms with van der Waals surface area (Å²) in [5.41, 5.74) is 0. The van der Waals surface area contributed by atoms with Crippen molar-refractivity contribution in [2.75, 3.05) is 26.7 Å². The number of rotatable bonds is 5. The normalized spacial score (nSPS) is 26.6. The van der Waals surface area contributed by atoms with Crippen LogP contribution < -0.4 is 10.6 Å². The van der Waals surface area contributed by atoms with E-state index in [-0.39, 0.29) is 5.91 Å². The summed E-state index contributed by atoms with van der Waals surface area (Å²) in [6, 6.07) is 1.22. The third kappa shape index (κ3) is 3.76. The Morgan fingerprint density at radius 3 is 3.00 bits per heavy atom. The molecule has 2 aliphatic rings. The van der Waals surface area contributed by atoms with Crippen LogP contribution in [-0.2, 0) is 4.79 Å². The van der Waals surface area contributed by atoms with Gasteiger partial charge in [-0.25, -0.2) is 0 Å². The molecule has 1 saturated carbocycles. The van der Waals surface area contributed by atoms with E-state index in [2.05, 4.69) is 22.6 Å². The van der Waals surface area contributed by atoms with E-state index < -0.39 is 0 Å². The molecule has 4 heteroatoms. The van der Waals surface area contributed by atoms with Crippen molar-refractivity contribution >= 4 is 5.91 Å². The molecule has 4 nitrogen and oxygen atoms in total. The Hall–Kier alpha value is -0.610. The predicted octanol–water partition coefficient (Wildman–Crippen LogP) is 0.339.